The third-order valence-electron chi connectivity index (χ3n) is 4.82. The van der Waals surface area contributed by atoms with Crippen LogP contribution >= 0.6 is 0 Å². The monoisotopic (exact) mass is 270 g/mol. The number of H-pyrrole nitrogens is 1. The number of nitrogens with one attached hydrogen (secondary N) is 1. The lowest BCUT2D eigenvalue weighted by Crippen LogP contribution is -2.21. The Morgan fingerprint density at radius 2 is 1.85 bits per heavy atom. The molecule has 0 saturated heterocycles. The van der Waals surface area contributed by atoms with E-state index in [1.165, 1.54) is 54.3 Å². The Kier molecular flexibility index (Phi) is 3.84. The quantitative estimate of drug-likeness (QED) is 0.813. The van der Waals surface area contributed by atoms with E-state index in [1.807, 2.05) is 0 Å². The smallest absolute Gasteiger partial charge is 0.0461 e. The van der Waals surface area contributed by atoms with Gasteiger partial charge in [-0.25, -0.2) is 0 Å². The third kappa shape index (κ3) is 2.49. The Labute approximate surface area is 121 Å². The van der Waals surface area contributed by atoms with Crippen LogP contribution in [0.1, 0.15) is 55.0 Å². The zero-order valence-corrected chi connectivity index (χ0v) is 12.8. The maximum absolute atomic E-state index is 6.17. The van der Waals surface area contributed by atoms with Gasteiger partial charge in [0.15, 0.2) is 0 Å². The minimum absolute atomic E-state index is 0.270. The summed E-state index contributed by atoms with van der Waals surface area (Å²) in [5, 5.41) is 1.41. The van der Waals surface area contributed by atoms with Gasteiger partial charge in [0.1, 0.15) is 0 Å². The first kappa shape index (κ1) is 13.7. The van der Waals surface area contributed by atoms with Gasteiger partial charge in [0, 0.05) is 22.6 Å². The van der Waals surface area contributed by atoms with Gasteiger partial charge in [0.05, 0.1) is 0 Å². The van der Waals surface area contributed by atoms with E-state index in [4.69, 9.17) is 5.73 Å². The summed E-state index contributed by atoms with van der Waals surface area (Å²) in [7, 11) is 0. The molecule has 0 saturated carbocycles. The van der Waals surface area contributed by atoms with Crippen molar-refractivity contribution in [2.75, 3.05) is 0 Å². The van der Waals surface area contributed by atoms with Gasteiger partial charge >= 0.3 is 0 Å². The van der Waals surface area contributed by atoms with Crippen molar-refractivity contribution in [3.63, 3.8) is 0 Å². The van der Waals surface area contributed by atoms with Crippen LogP contribution in [0, 0.1) is 6.92 Å². The van der Waals surface area contributed by atoms with Crippen LogP contribution in [-0.2, 0) is 19.3 Å². The minimum Gasteiger partial charge on any atom is -0.358 e. The van der Waals surface area contributed by atoms with Gasteiger partial charge in [-0.05, 0) is 74.3 Å². The van der Waals surface area contributed by atoms with E-state index in [1.54, 1.807) is 11.1 Å². The van der Waals surface area contributed by atoms with Gasteiger partial charge in [-0.2, -0.15) is 0 Å². The molecule has 1 aromatic heterocycles. The fourth-order valence-electron chi connectivity index (χ4n) is 3.46. The maximum Gasteiger partial charge on any atom is 0.0461 e. The third-order valence-corrected chi connectivity index (χ3v) is 4.82. The first-order chi connectivity index (χ1) is 9.69. The number of aryl methyl sites for hydroxylation is 3. The van der Waals surface area contributed by atoms with Gasteiger partial charge < -0.3 is 10.7 Å². The second kappa shape index (κ2) is 5.61. The summed E-state index contributed by atoms with van der Waals surface area (Å²) in [6, 6.07) is 5.10. The average molecular weight is 270 g/mol. The molecule has 2 aromatic rings. The molecule has 3 rings (SSSR count). The van der Waals surface area contributed by atoms with Gasteiger partial charge in [0.2, 0.25) is 0 Å². The average Bonchev–Trinajstić information content (AvgIpc) is 2.63. The van der Waals surface area contributed by atoms with E-state index in [0.29, 0.717) is 0 Å². The van der Waals surface area contributed by atoms with Crippen LogP contribution in [0.5, 0.6) is 0 Å². The highest BCUT2D eigenvalue weighted by Gasteiger charge is 2.15. The molecule has 0 aliphatic heterocycles. The van der Waals surface area contributed by atoms with E-state index in [0.717, 1.165) is 12.8 Å². The summed E-state index contributed by atoms with van der Waals surface area (Å²) in [5.41, 5.74) is 13.3. The fraction of sp³-hybridized carbons (Fsp3) is 0.556. The molecular formula is C18H26N2. The van der Waals surface area contributed by atoms with Gasteiger partial charge in [0.25, 0.3) is 0 Å². The van der Waals surface area contributed by atoms with Crippen LogP contribution < -0.4 is 5.73 Å². The highest BCUT2D eigenvalue weighted by Crippen LogP contribution is 2.30. The molecule has 1 unspecified atom stereocenters. The second-order valence-electron chi connectivity index (χ2n) is 6.33. The first-order valence-electron chi connectivity index (χ1n) is 8.07. The summed E-state index contributed by atoms with van der Waals surface area (Å²) in [6.07, 6.45) is 8.56. The first-order valence-corrected chi connectivity index (χ1v) is 8.07. The topological polar surface area (TPSA) is 41.8 Å². The molecule has 1 atom stereocenters. The van der Waals surface area contributed by atoms with Crippen molar-refractivity contribution in [1.82, 2.24) is 4.98 Å². The standard InChI is InChI=1S/C18H26N2/c1-3-15(19)11-16-12(2)20-18-10-14-8-6-4-5-7-13(14)9-17(16)18/h9-10,15,20H,3-8,11,19H2,1-2H3. The fourth-order valence-corrected chi connectivity index (χ4v) is 3.46. The molecule has 108 valence electrons. The van der Waals surface area contributed by atoms with Crippen molar-refractivity contribution < 1.29 is 0 Å². The number of hydrogen-bond acceptors (Lipinski definition) is 1. The van der Waals surface area contributed by atoms with Gasteiger partial charge in [-0.3, -0.25) is 0 Å². The van der Waals surface area contributed by atoms with Crippen molar-refractivity contribution in [2.24, 2.45) is 5.73 Å². The predicted octanol–water partition coefficient (Wildman–Crippen LogP) is 4.03. The lowest BCUT2D eigenvalue weighted by molar-refractivity contribution is 0.646. The van der Waals surface area contributed by atoms with Crippen LogP contribution in [0.25, 0.3) is 10.9 Å². The van der Waals surface area contributed by atoms with Crippen LogP contribution in [0.3, 0.4) is 0 Å². The SMILES string of the molecule is CCC(N)Cc1c(C)[nH]c2cc3c(cc12)CCCCC3. The van der Waals surface area contributed by atoms with Crippen molar-refractivity contribution in [3.8, 4) is 0 Å². The zero-order chi connectivity index (χ0) is 14.1. The summed E-state index contributed by atoms with van der Waals surface area (Å²) >= 11 is 0. The largest absolute Gasteiger partial charge is 0.358 e. The molecule has 0 fully saturated rings. The van der Waals surface area contributed by atoms with Gasteiger partial charge in [-0.1, -0.05) is 13.3 Å². The number of nitrogens with two attached hydrogens (primary N) is 1. The normalized spacial score (nSPS) is 16.9. The number of aromatic amines is 1. The van der Waals surface area contributed by atoms with Crippen molar-refractivity contribution in [1.29, 1.82) is 0 Å². The van der Waals surface area contributed by atoms with Crippen molar-refractivity contribution >= 4 is 10.9 Å². The molecule has 0 spiro atoms. The molecule has 1 heterocycles. The molecule has 0 radical (unpaired) electrons. The Balaban J connectivity index is 2.07. The number of hydrogen-bond donors (Lipinski definition) is 2. The summed E-state index contributed by atoms with van der Waals surface area (Å²) in [6.45, 7) is 4.35. The number of rotatable bonds is 3. The molecule has 20 heavy (non-hydrogen) atoms. The Bertz CT molecular complexity index is 609. The lowest BCUT2D eigenvalue weighted by atomic mass is 9.96. The van der Waals surface area contributed by atoms with Crippen molar-refractivity contribution in [2.45, 2.75) is 64.8 Å². The van der Waals surface area contributed by atoms with E-state index in [9.17, 15) is 0 Å². The van der Waals surface area contributed by atoms with Gasteiger partial charge in [-0.15, -0.1) is 0 Å². The second-order valence-corrected chi connectivity index (χ2v) is 6.33. The molecule has 0 bridgehead atoms. The highest BCUT2D eigenvalue weighted by atomic mass is 14.7. The van der Waals surface area contributed by atoms with Crippen LogP contribution in [0.2, 0.25) is 0 Å². The summed E-state index contributed by atoms with van der Waals surface area (Å²) in [5.74, 6) is 0. The molecule has 0 amide bonds. The number of aromatic nitrogens is 1. The molecule has 1 aromatic carbocycles. The molecule has 1 aliphatic rings. The molecule has 1 aliphatic carbocycles. The Morgan fingerprint density at radius 1 is 1.15 bits per heavy atom. The zero-order valence-electron chi connectivity index (χ0n) is 12.8. The molecule has 3 N–H and O–H groups in total. The molecule has 2 nitrogen and oxygen atoms in total. The number of fused-ring (bicyclic) bond motifs is 2. The van der Waals surface area contributed by atoms with Crippen LogP contribution in [0.15, 0.2) is 12.1 Å². The van der Waals surface area contributed by atoms with E-state index >= 15 is 0 Å². The van der Waals surface area contributed by atoms with E-state index in [-0.39, 0.29) is 6.04 Å². The Hall–Kier alpha value is -1.28. The lowest BCUT2D eigenvalue weighted by Gasteiger charge is -2.10. The van der Waals surface area contributed by atoms with E-state index in [2.05, 4.69) is 31.0 Å². The molecule has 2 heteroatoms. The summed E-state index contributed by atoms with van der Waals surface area (Å²) in [4.78, 5) is 3.57. The molecular weight excluding hydrogens is 244 g/mol. The Morgan fingerprint density at radius 3 is 2.55 bits per heavy atom. The van der Waals surface area contributed by atoms with Crippen molar-refractivity contribution in [3.05, 3.63) is 34.5 Å². The predicted molar refractivity (Wildman–Crippen MR) is 86.3 cm³/mol. The van der Waals surface area contributed by atoms with Crippen LogP contribution in [-0.4, -0.2) is 11.0 Å². The van der Waals surface area contributed by atoms with E-state index < -0.39 is 0 Å². The highest BCUT2D eigenvalue weighted by molar-refractivity contribution is 5.86. The minimum atomic E-state index is 0.270. The van der Waals surface area contributed by atoms with Crippen LogP contribution in [0.4, 0.5) is 0 Å². The maximum atomic E-state index is 6.17. The number of benzene rings is 1. The summed E-state index contributed by atoms with van der Waals surface area (Å²) < 4.78 is 0.